The highest BCUT2D eigenvalue weighted by Crippen LogP contribution is 2.16. The Kier molecular flexibility index (Phi) is 8.01. The zero-order valence-corrected chi connectivity index (χ0v) is 17.2. The van der Waals surface area contributed by atoms with Gasteiger partial charge < -0.3 is 14.3 Å². The van der Waals surface area contributed by atoms with Crippen molar-refractivity contribution in [2.75, 3.05) is 6.61 Å². The third-order valence-corrected chi connectivity index (χ3v) is 4.96. The topological polar surface area (TPSA) is 74.2 Å². The fourth-order valence-corrected chi connectivity index (χ4v) is 3.19. The van der Waals surface area contributed by atoms with Crippen molar-refractivity contribution in [1.29, 1.82) is 0 Å². The summed E-state index contributed by atoms with van der Waals surface area (Å²) in [6, 6.07) is 17.4. The van der Waals surface area contributed by atoms with Gasteiger partial charge in [-0.05, 0) is 56.9 Å². The summed E-state index contributed by atoms with van der Waals surface area (Å²) in [5.41, 5.74) is 1.87. The number of esters is 2. The van der Waals surface area contributed by atoms with E-state index in [-0.39, 0.29) is 6.61 Å². The normalized spacial score (nSPS) is 15.6. The molecule has 0 spiro atoms. The molecule has 1 saturated carbocycles. The molecule has 30 heavy (non-hydrogen) atoms. The quantitative estimate of drug-likeness (QED) is 0.463. The van der Waals surface area contributed by atoms with E-state index in [2.05, 4.69) is 5.16 Å². The first kappa shape index (κ1) is 21.6. The molecule has 0 aromatic heterocycles. The minimum absolute atomic E-state index is 0.00527. The first-order valence-corrected chi connectivity index (χ1v) is 10.3. The molecule has 2 aromatic rings. The van der Waals surface area contributed by atoms with Crippen LogP contribution in [0.4, 0.5) is 0 Å². The minimum Gasteiger partial charge on any atom is -0.455 e. The van der Waals surface area contributed by atoms with Gasteiger partial charge in [0.05, 0.1) is 16.8 Å². The van der Waals surface area contributed by atoms with Crippen molar-refractivity contribution in [3.63, 3.8) is 0 Å². The summed E-state index contributed by atoms with van der Waals surface area (Å²) < 4.78 is 11.1. The molecule has 1 aliphatic rings. The van der Waals surface area contributed by atoms with Crippen molar-refractivity contribution in [3.05, 3.63) is 71.8 Å². The number of carbonyl (C=O) groups excluding carboxylic acids is 2. The molecule has 0 heterocycles. The summed E-state index contributed by atoms with van der Waals surface area (Å²) in [7, 11) is 0. The molecule has 0 bridgehead atoms. The molecule has 1 fully saturated rings. The second-order valence-electron chi connectivity index (χ2n) is 7.30. The molecule has 0 N–H and O–H groups in total. The van der Waals surface area contributed by atoms with E-state index >= 15 is 0 Å². The summed E-state index contributed by atoms with van der Waals surface area (Å²) in [4.78, 5) is 30.4. The largest absolute Gasteiger partial charge is 0.455 e. The third-order valence-electron chi connectivity index (χ3n) is 4.96. The molecule has 1 aliphatic carbocycles. The Hall–Kier alpha value is -3.15. The highest BCUT2D eigenvalue weighted by Gasteiger charge is 2.27. The Morgan fingerprint density at radius 1 is 0.833 bits per heavy atom. The predicted molar refractivity (Wildman–Crippen MR) is 113 cm³/mol. The summed E-state index contributed by atoms with van der Waals surface area (Å²) in [6.07, 6.45) is 3.78. The monoisotopic (exact) mass is 409 g/mol. The van der Waals surface area contributed by atoms with Crippen LogP contribution in [0, 0.1) is 0 Å². The van der Waals surface area contributed by atoms with Gasteiger partial charge in [0.25, 0.3) is 0 Å². The molecular formula is C24H27NO5. The lowest BCUT2D eigenvalue weighted by atomic mass is 9.99. The number of hydrogen-bond acceptors (Lipinski definition) is 6. The molecule has 0 amide bonds. The van der Waals surface area contributed by atoms with Crippen LogP contribution in [-0.4, -0.2) is 36.5 Å². The number of nitrogens with zero attached hydrogens (tertiary/aromatic N) is 1. The van der Waals surface area contributed by atoms with Gasteiger partial charge >= 0.3 is 11.9 Å². The standard InChI is InChI=1S/C24H27NO5/c1-18(29-23(26)19-11-5-2-6-12-19)22(17-28-25-21-15-9-4-10-16-21)30-24(27)20-13-7-3-8-14-20/h2-3,5-8,11-14,18,22H,4,9-10,15-17H2,1H3/t18-,22+/m0/s1. The van der Waals surface area contributed by atoms with E-state index in [1.807, 2.05) is 12.1 Å². The molecule has 0 saturated heterocycles. The average molecular weight is 409 g/mol. The van der Waals surface area contributed by atoms with Crippen LogP contribution in [-0.2, 0) is 14.3 Å². The molecule has 158 valence electrons. The summed E-state index contributed by atoms with van der Waals surface area (Å²) in [5.74, 6) is -0.986. The van der Waals surface area contributed by atoms with Crippen LogP contribution >= 0.6 is 0 Å². The molecule has 0 unspecified atom stereocenters. The van der Waals surface area contributed by atoms with E-state index in [4.69, 9.17) is 14.3 Å². The third kappa shape index (κ3) is 6.44. The summed E-state index contributed by atoms with van der Waals surface area (Å²) in [5, 5.41) is 4.21. The molecule has 3 rings (SSSR count). The number of carbonyl (C=O) groups is 2. The fourth-order valence-electron chi connectivity index (χ4n) is 3.19. The second kappa shape index (κ2) is 11.1. The van der Waals surface area contributed by atoms with Crippen LogP contribution in [0.15, 0.2) is 65.8 Å². The van der Waals surface area contributed by atoms with E-state index in [9.17, 15) is 9.59 Å². The minimum atomic E-state index is -0.793. The van der Waals surface area contributed by atoms with Gasteiger partial charge in [-0.15, -0.1) is 0 Å². The van der Waals surface area contributed by atoms with Crippen LogP contribution in [0.25, 0.3) is 0 Å². The maximum Gasteiger partial charge on any atom is 0.338 e. The molecular weight excluding hydrogens is 382 g/mol. The van der Waals surface area contributed by atoms with Gasteiger partial charge in [0.15, 0.2) is 12.7 Å². The summed E-state index contributed by atoms with van der Waals surface area (Å²) in [6.45, 7) is 1.69. The van der Waals surface area contributed by atoms with E-state index in [0.29, 0.717) is 11.1 Å². The highest BCUT2D eigenvalue weighted by molar-refractivity contribution is 5.90. The SMILES string of the molecule is C[C@H](OC(=O)c1ccccc1)[C@@H](CON=C1CCCCC1)OC(=O)c1ccccc1. The molecule has 2 aromatic carbocycles. The van der Waals surface area contributed by atoms with Crippen LogP contribution in [0.3, 0.4) is 0 Å². The summed E-state index contributed by atoms with van der Waals surface area (Å²) >= 11 is 0. The average Bonchev–Trinajstić information content (AvgIpc) is 2.80. The Morgan fingerprint density at radius 2 is 1.37 bits per heavy atom. The van der Waals surface area contributed by atoms with Crippen LogP contribution in [0.2, 0.25) is 0 Å². The molecule has 6 nitrogen and oxygen atoms in total. The van der Waals surface area contributed by atoms with Gasteiger partial charge in [0.1, 0.15) is 6.10 Å². The van der Waals surface area contributed by atoms with Crippen molar-refractivity contribution in [2.24, 2.45) is 5.16 Å². The zero-order chi connectivity index (χ0) is 21.2. The van der Waals surface area contributed by atoms with Crippen molar-refractivity contribution in [1.82, 2.24) is 0 Å². The number of ether oxygens (including phenoxy) is 2. The van der Waals surface area contributed by atoms with Crippen molar-refractivity contribution < 1.29 is 23.9 Å². The zero-order valence-electron chi connectivity index (χ0n) is 17.2. The Morgan fingerprint density at radius 3 is 1.93 bits per heavy atom. The lowest BCUT2D eigenvalue weighted by Crippen LogP contribution is -2.36. The van der Waals surface area contributed by atoms with Crippen LogP contribution in [0.5, 0.6) is 0 Å². The first-order chi connectivity index (χ1) is 14.6. The Bertz CT molecular complexity index is 842. The van der Waals surface area contributed by atoms with Gasteiger partial charge in [-0.2, -0.15) is 0 Å². The second-order valence-corrected chi connectivity index (χ2v) is 7.30. The fraction of sp³-hybridized carbons (Fsp3) is 0.375. The van der Waals surface area contributed by atoms with Crippen molar-refractivity contribution >= 4 is 17.7 Å². The van der Waals surface area contributed by atoms with Gasteiger partial charge in [-0.3, -0.25) is 0 Å². The maximum atomic E-state index is 12.5. The molecule has 0 radical (unpaired) electrons. The van der Waals surface area contributed by atoms with E-state index in [1.165, 1.54) is 6.42 Å². The van der Waals surface area contributed by atoms with Gasteiger partial charge in [-0.25, -0.2) is 9.59 Å². The number of oxime groups is 1. The Balaban J connectivity index is 1.65. The van der Waals surface area contributed by atoms with E-state index < -0.39 is 24.1 Å². The van der Waals surface area contributed by atoms with Crippen LogP contribution in [0.1, 0.15) is 59.7 Å². The molecule has 0 aliphatic heterocycles. The lowest BCUT2D eigenvalue weighted by molar-refractivity contribution is -0.0599. The van der Waals surface area contributed by atoms with E-state index in [0.717, 1.165) is 31.4 Å². The lowest BCUT2D eigenvalue weighted by Gasteiger charge is -2.23. The molecule has 2 atom stereocenters. The van der Waals surface area contributed by atoms with Crippen molar-refractivity contribution in [3.8, 4) is 0 Å². The first-order valence-electron chi connectivity index (χ1n) is 10.3. The smallest absolute Gasteiger partial charge is 0.338 e. The number of benzene rings is 2. The van der Waals surface area contributed by atoms with Gasteiger partial charge in [-0.1, -0.05) is 48.0 Å². The molecule has 6 heteroatoms. The van der Waals surface area contributed by atoms with E-state index in [1.54, 1.807) is 55.5 Å². The van der Waals surface area contributed by atoms with Gasteiger partial charge in [0, 0.05) is 0 Å². The van der Waals surface area contributed by atoms with Gasteiger partial charge in [0.2, 0.25) is 0 Å². The maximum absolute atomic E-state index is 12.5. The van der Waals surface area contributed by atoms with Crippen LogP contribution < -0.4 is 0 Å². The van der Waals surface area contributed by atoms with Crippen molar-refractivity contribution in [2.45, 2.75) is 51.2 Å². The number of hydrogen-bond donors (Lipinski definition) is 0. The Labute approximate surface area is 176 Å². The highest BCUT2D eigenvalue weighted by atomic mass is 16.7. The predicted octanol–water partition coefficient (Wildman–Crippen LogP) is 4.79. The number of rotatable bonds is 8.